The minimum atomic E-state index is -5.66. The summed E-state index contributed by atoms with van der Waals surface area (Å²) in [5, 5.41) is 0. The van der Waals surface area contributed by atoms with Gasteiger partial charge in [0.2, 0.25) is 0 Å². The number of esters is 1. The molecule has 0 unspecified atom stereocenters. The van der Waals surface area contributed by atoms with E-state index in [0.29, 0.717) is 29.8 Å². The number of hydrogen-bond donors (Lipinski definition) is 2. The number of nitrogen functional groups attached to an aromatic ring is 2. The zero-order valence-corrected chi connectivity index (χ0v) is 27.3. The molecule has 0 amide bonds. The summed E-state index contributed by atoms with van der Waals surface area (Å²) in [6.07, 6.45) is -7.85. The van der Waals surface area contributed by atoms with E-state index in [9.17, 15) is 35.5 Å². The third-order valence-electron chi connectivity index (χ3n) is 7.69. The van der Waals surface area contributed by atoms with Gasteiger partial charge in [-0.3, -0.25) is 0 Å². The van der Waals surface area contributed by atoms with Gasteiger partial charge in [-0.05, 0) is 110 Å². The van der Waals surface area contributed by atoms with Crippen LogP contribution in [0, 0.1) is 12.3 Å². The maximum atomic E-state index is 14.8. The van der Waals surface area contributed by atoms with Crippen LogP contribution in [0.3, 0.4) is 0 Å². The molecule has 6 nitrogen and oxygen atoms in total. The zero-order chi connectivity index (χ0) is 37.3. The minimum absolute atomic E-state index is 0.000760. The van der Waals surface area contributed by atoms with Crippen molar-refractivity contribution in [3.05, 3.63) is 132 Å². The van der Waals surface area contributed by atoms with E-state index in [1.807, 2.05) is 24.3 Å². The van der Waals surface area contributed by atoms with Crippen LogP contribution in [0.4, 0.5) is 42.1 Å². The molecule has 4 rings (SSSR count). The molecule has 0 aromatic heterocycles. The van der Waals surface area contributed by atoms with Gasteiger partial charge in [-0.15, -0.1) is 0 Å². The summed E-state index contributed by atoms with van der Waals surface area (Å²) in [4.78, 5) is 12.7. The number of rotatable bonds is 16. The lowest BCUT2D eigenvalue weighted by Gasteiger charge is -2.29. The fourth-order valence-corrected chi connectivity index (χ4v) is 4.96. The Morgan fingerprint density at radius 3 is 1.73 bits per heavy atom. The summed E-state index contributed by atoms with van der Waals surface area (Å²) >= 11 is 0. The Morgan fingerprint density at radius 1 is 0.706 bits per heavy atom. The molecule has 0 aliphatic heterocycles. The van der Waals surface area contributed by atoms with E-state index >= 15 is 0 Å². The predicted molar refractivity (Wildman–Crippen MR) is 180 cm³/mol. The highest BCUT2D eigenvalue weighted by atomic mass is 19.4. The standard InChI is InChI=1S/C38H36F7N2O4/c1-35(23-27-3-12-30(46)13-4-27,24-28-5-14-31(47)15-6-28)25-50-34(48)20-9-26-7-16-33(17-8-26)51-37(41,42)29-10-18-32(19-11-29)49-22-2-21-36(39,40)38(43,44)45/h3-20H,1-2,21-25,46-47H2/b20-9+. The van der Waals surface area contributed by atoms with Crippen LogP contribution in [0.5, 0.6) is 11.5 Å². The maximum absolute atomic E-state index is 14.8. The van der Waals surface area contributed by atoms with Crippen molar-refractivity contribution >= 4 is 23.4 Å². The third-order valence-corrected chi connectivity index (χ3v) is 7.69. The topological polar surface area (TPSA) is 96.8 Å². The Labute approximate surface area is 290 Å². The van der Waals surface area contributed by atoms with Gasteiger partial charge in [-0.1, -0.05) is 36.4 Å². The fraction of sp³-hybridized carbons (Fsp3) is 0.263. The molecule has 0 fully saturated rings. The molecule has 271 valence electrons. The molecular weight excluding hydrogens is 681 g/mol. The van der Waals surface area contributed by atoms with Crippen molar-refractivity contribution in [1.82, 2.24) is 0 Å². The van der Waals surface area contributed by atoms with Crippen molar-refractivity contribution in [3.8, 4) is 11.5 Å². The molecule has 0 heterocycles. The van der Waals surface area contributed by atoms with Crippen LogP contribution in [0.25, 0.3) is 6.08 Å². The molecule has 0 aliphatic carbocycles. The highest BCUT2D eigenvalue weighted by Gasteiger charge is 2.56. The first-order valence-electron chi connectivity index (χ1n) is 15.7. The van der Waals surface area contributed by atoms with Crippen LogP contribution in [-0.2, 0) is 28.5 Å². The molecule has 4 aromatic rings. The summed E-state index contributed by atoms with van der Waals surface area (Å²) in [6, 6.07) is 24.4. The van der Waals surface area contributed by atoms with Gasteiger partial charge in [-0.2, -0.15) is 30.7 Å². The van der Waals surface area contributed by atoms with E-state index in [-0.39, 0.29) is 18.1 Å². The molecule has 0 saturated carbocycles. The van der Waals surface area contributed by atoms with E-state index in [2.05, 4.69) is 6.92 Å². The molecule has 1 radical (unpaired) electrons. The Bertz CT molecular complexity index is 1690. The quantitative estimate of drug-likeness (QED) is 0.0395. The second-order valence-electron chi connectivity index (χ2n) is 12.1. The van der Waals surface area contributed by atoms with E-state index in [1.165, 1.54) is 36.4 Å². The van der Waals surface area contributed by atoms with Crippen molar-refractivity contribution in [2.24, 2.45) is 5.41 Å². The molecule has 4 aromatic carbocycles. The number of alkyl halides is 7. The minimum Gasteiger partial charge on any atom is -0.494 e. The van der Waals surface area contributed by atoms with Crippen LogP contribution in [0.2, 0.25) is 0 Å². The fourth-order valence-electron chi connectivity index (χ4n) is 4.96. The summed E-state index contributed by atoms with van der Waals surface area (Å²) in [5.74, 6) is -5.66. The third kappa shape index (κ3) is 11.7. The van der Waals surface area contributed by atoms with Crippen LogP contribution >= 0.6 is 0 Å². The molecule has 0 saturated heterocycles. The summed E-state index contributed by atoms with van der Waals surface area (Å²) in [7, 11) is 0. The average molecular weight is 718 g/mol. The first kappa shape index (κ1) is 38.6. The monoisotopic (exact) mass is 717 g/mol. The number of hydrogen-bond acceptors (Lipinski definition) is 6. The molecule has 0 atom stereocenters. The largest absolute Gasteiger partial charge is 0.494 e. The van der Waals surface area contributed by atoms with Crippen LogP contribution < -0.4 is 20.9 Å². The van der Waals surface area contributed by atoms with Crippen LogP contribution in [-0.4, -0.2) is 31.3 Å². The van der Waals surface area contributed by atoms with Crippen LogP contribution in [0.15, 0.2) is 103 Å². The second-order valence-corrected chi connectivity index (χ2v) is 12.1. The van der Waals surface area contributed by atoms with Gasteiger partial charge in [0, 0.05) is 29.3 Å². The summed E-state index contributed by atoms with van der Waals surface area (Å²) in [6.45, 7) is 3.92. The van der Waals surface area contributed by atoms with Gasteiger partial charge in [0.25, 0.3) is 0 Å². The number of ether oxygens (including phenoxy) is 3. The van der Waals surface area contributed by atoms with E-state index in [0.717, 1.165) is 35.4 Å². The molecule has 0 bridgehead atoms. The van der Waals surface area contributed by atoms with E-state index in [1.54, 1.807) is 24.3 Å². The van der Waals surface area contributed by atoms with Gasteiger partial charge < -0.3 is 25.7 Å². The van der Waals surface area contributed by atoms with E-state index < -0.39 is 54.6 Å². The summed E-state index contributed by atoms with van der Waals surface area (Å²) in [5.41, 5.74) is 14.0. The molecule has 0 aliphatic rings. The zero-order valence-electron chi connectivity index (χ0n) is 27.3. The summed E-state index contributed by atoms with van der Waals surface area (Å²) < 4.78 is 108. The molecule has 13 heteroatoms. The van der Waals surface area contributed by atoms with Crippen molar-refractivity contribution < 1.29 is 49.7 Å². The second kappa shape index (κ2) is 16.2. The van der Waals surface area contributed by atoms with Crippen LogP contribution in [0.1, 0.15) is 35.1 Å². The van der Waals surface area contributed by atoms with Crippen molar-refractivity contribution in [2.75, 3.05) is 24.7 Å². The van der Waals surface area contributed by atoms with Gasteiger partial charge in [0.1, 0.15) is 11.5 Å². The number of halogens is 7. The first-order valence-corrected chi connectivity index (χ1v) is 15.7. The molecule has 51 heavy (non-hydrogen) atoms. The number of carbonyl (C=O) groups is 1. The SMILES string of the molecule is [CH2]C(COC(=O)/C=C/c1ccc(OC(F)(F)c2ccc(OCCCC(F)(F)C(F)(F)F)cc2)cc1)(Cc1ccc(N)cc1)Cc1ccc(N)cc1. The van der Waals surface area contributed by atoms with Gasteiger partial charge in [-0.25, -0.2) is 4.79 Å². The smallest absolute Gasteiger partial charge is 0.453 e. The van der Waals surface area contributed by atoms with E-state index in [4.69, 9.17) is 25.7 Å². The van der Waals surface area contributed by atoms with Gasteiger partial charge >= 0.3 is 24.2 Å². The number of nitrogens with two attached hydrogens (primary N) is 2. The van der Waals surface area contributed by atoms with Crippen molar-refractivity contribution in [2.45, 2.75) is 43.9 Å². The lowest BCUT2D eigenvalue weighted by atomic mass is 9.79. The highest BCUT2D eigenvalue weighted by molar-refractivity contribution is 5.87. The Hall–Kier alpha value is -5.20. The highest BCUT2D eigenvalue weighted by Crippen LogP contribution is 2.39. The maximum Gasteiger partial charge on any atom is 0.453 e. The number of anilines is 2. The number of carbonyl (C=O) groups excluding carboxylic acids is 1. The number of benzene rings is 4. The molecule has 0 spiro atoms. The lowest BCUT2D eigenvalue weighted by molar-refractivity contribution is -0.284. The molecule has 4 N–H and O–H groups in total. The average Bonchev–Trinajstić information content (AvgIpc) is 3.07. The van der Waals surface area contributed by atoms with Crippen molar-refractivity contribution in [1.29, 1.82) is 0 Å². The van der Waals surface area contributed by atoms with Gasteiger partial charge in [0.15, 0.2) is 0 Å². The van der Waals surface area contributed by atoms with Gasteiger partial charge in [0.05, 0.1) is 18.8 Å². The Balaban J connectivity index is 1.29. The predicted octanol–water partition coefficient (Wildman–Crippen LogP) is 9.20. The Morgan fingerprint density at radius 2 is 1.22 bits per heavy atom. The first-order chi connectivity index (χ1) is 23.9. The Kier molecular flexibility index (Phi) is 12.3. The van der Waals surface area contributed by atoms with Crippen molar-refractivity contribution in [3.63, 3.8) is 0 Å². The lowest BCUT2D eigenvalue weighted by Crippen LogP contribution is -2.36. The molecular formula is C38H36F7N2O4. The normalized spacial score (nSPS) is 12.5.